The van der Waals surface area contributed by atoms with Crippen molar-refractivity contribution in [3.63, 3.8) is 0 Å². The molecule has 8 nitrogen and oxygen atoms in total. The summed E-state index contributed by atoms with van der Waals surface area (Å²) in [6.07, 6.45) is 1.51. The van der Waals surface area contributed by atoms with Crippen LogP contribution in [0.5, 0.6) is 0 Å². The van der Waals surface area contributed by atoms with Crippen molar-refractivity contribution >= 4 is 29.1 Å². The van der Waals surface area contributed by atoms with Crippen LogP contribution in [0.1, 0.15) is 29.2 Å². The Morgan fingerprint density at radius 2 is 2.16 bits per heavy atom. The van der Waals surface area contributed by atoms with E-state index < -0.39 is 17.9 Å². The predicted octanol–water partition coefficient (Wildman–Crippen LogP) is 1.76. The number of furan rings is 1. The Morgan fingerprint density at radius 1 is 1.44 bits per heavy atom. The number of rotatable bonds is 7. The van der Waals surface area contributed by atoms with Crippen LogP contribution in [0.2, 0.25) is 0 Å². The topological polar surface area (TPSA) is 113 Å². The molecule has 0 fully saturated rings. The number of carboxylic acid groups (broad SMARTS) is 1. The van der Waals surface area contributed by atoms with Gasteiger partial charge >= 0.3 is 5.97 Å². The zero-order chi connectivity index (χ0) is 18.6. The predicted molar refractivity (Wildman–Crippen MR) is 91.4 cm³/mol. The van der Waals surface area contributed by atoms with Crippen LogP contribution < -0.4 is 5.32 Å². The van der Waals surface area contributed by atoms with Gasteiger partial charge in [0.15, 0.2) is 10.8 Å². The van der Waals surface area contributed by atoms with E-state index in [9.17, 15) is 19.5 Å². The summed E-state index contributed by atoms with van der Waals surface area (Å²) < 4.78 is 5.29. The number of aryl methyl sites for hydroxylation is 1. The SMILES string of the molecule is CC(=O)NCCN(C(=O)c1nc(-c2ccco2)sc1C)C(C)C(=O)O. The van der Waals surface area contributed by atoms with Crippen LogP contribution in [0.25, 0.3) is 10.8 Å². The molecular formula is C16H19N3O5S. The maximum atomic E-state index is 12.8. The number of aromatic nitrogens is 1. The average molecular weight is 365 g/mol. The van der Waals surface area contributed by atoms with Gasteiger partial charge in [-0.1, -0.05) is 0 Å². The first kappa shape index (κ1) is 18.7. The molecule has 2 aromatic heterocycles. The summed E-state index contributed by atoms with van der Waals surface area (Å²) in [5.41, 5.74) is 0.187. The van der Waals surface area contributed by atoms with Crippen molar-refractivity contribution in [1.82, 2.24) is 15.2 Å². The second-order valence-corrected chi connectivity index (χ2v) is 6.60. The number of aliphatic carboxylic acids is 1. The first-order valence-electron chi connectivity index (χ1n) is 7.60. The summed E-state index contributed by atoms with van der Waals surface area (Å²) in [5, 5.41) is 12.4. The molecule has 0 radical (unpaired) electrons. The maximum Gasteiger partial charge on any atom is 0.326 e. The number of nitrogens with zero attached hydrogens (tertiary/aromatic N) is 2. The van der Waals surface area contributed by atoms with Crippen LogP contribution in [-0.2, 0) is 9.59 Å². The largest absolute Gasteiger partial charge is 0.480 e. The standard InChI is InChI=1S/C16H19N3O5S/c1-9(16(22)23)19(7-6-17-11(3)20)15(21)13-10(2)25-14(18-13)12-5-4-8-24-12/h4-5,8-9H,6-7H2,1-3H3,(H,17,20)(H,22,23). The van der Waals surface area contributed by atoms with Gasteiger partial charge in [-0.25, -0.2) is 9.78 Å². The Labute approximate surface area is 148 Å². The molecule has 1 atom stereocenters. The third-order valence-corrected chi connectivity index (χ3v) is 4.53. The number of hydrogen-bond donors (Lipinski definition) is 2. The van der Waals surface area contributed by atoms with Crippen LogP contribution in [-0.4, -0.2) is 51.9 Å². The number of nitrogens with one attached hydrogen (secondary N) is 1. The van der Waals surface area contributed by atoms with Gasteiger partial charge < -0.3 is 19.7 Å². The van der Waals surface area contributed by atoms with Crippen molar-refractivity contribution in [3.05, 3.63) is 29.0 Å². The number of carbonyl (C=O) groups excluding carboxylic acids is 2. The molecule has 0 aliphatic rings. The van der Waals surface area contributed by atoms with Gasteiger partial charge in [0, 0.05) is 24.9 Å². The minimum Gasteiger partial charge on any atom is -0.480 e. The van der Waals surface area contributed by atoms with E-state index in [0.29, 0.717) is 15.6 Å². The van der Waals surface area contributed by atoms with Crippen LogP contribution in [0.4, 0.5) is 0 Å². The van der Waals surface area contributed by atoms with Gasteiger partial charge in [0.2, 0.25) is 5.91 Å². The summed E-state index contributed by atoms with van der Waals surface area (Å²) in [6.45, 7) is 4.75. The molecule has 0 aliphatic carbocycles. The highest BCUT2D eigenvalue weighted by Crippen LogP contribution is 2.28. The Balaban J connectivity index is 2.26. The highest BCUT2D eigenvalue weighted by molar-refractivity contribution is 7.15. The summed E-state index contributed by atoms with van der Waals surface area (Å²) in [7, 11) is 0. The van der Waals surface area contributed by atoms with Crippen molar-refractivity contribution < 1.29 is 23.9 Å². The first-order valence-corrected chi connectivity index (χ1v) is 8.42. The van der Waals surface area contributed by atoms with Gasteiger partial charge in [-0.2, -0.15) is 0 Å². The second kappa shape index (κ2) is 7.93. The van der Waals surface area contributed by atoms with Crippen molar-refractivity contribution in [1.29, 1.82) is 0 Å². The van der Waals surface area contributed by atoms with Crippen LogP contribution in [0.3, 0.4) is 0 Å². The van der Waals surface area contributed by atoms with Gasteiger partial charge in [-0.05, 0) is 26.0 Å². The normalized spacial score (nSPS) is 11.8. The highest BCUT2D eigenvalue weighted by Gasteiger charge is 2.29. The fourth-order valence-electron chi connectivity index (χ4n) is 2.19. The fourth-order valence-corrected chi connectivity index (χ4v) is 3.07. The Kier molecular flexibility index (Phi) is 5.92. The molecule has 0 saturated carbocycles. The lowest BCUT2D eigenvalue weighted by Crippen LogP contribution is -2.47. The number of hydrogen-bond acceptors (Lipinski definition) is 6. The average Bonchev–Trinajstić information content (AvgIpc) is 3.19. The zero-order valence-electron chi connectivity index (χ0n) is 14.1. The lowest BCUT2D eigenvalue weighted by Gasteiger charge is -2.26. The lowest BCUT2D eigenvalue weighted by atomic mass is 10.2. The third kappa shape index (κ3) is 4.44. The van der Waals surface area contributed by atoms with Crippen molar-refractivity contribution in [2.75, 3.05) is 13.1 Å². The summed E-state index contributed by atoms with van der Waals surface area (Å²) >= 11 is 1.30. The van der Waals surface area contributed by atoms with Crippen LogP contribution in [0, 0.1) is 6.92 Å². The molecular weight excluding hydrogens is 346 g/mol. The van der Waals surface area contributed by atoms with Crippen molar-refractivity contribution in [2.45, 2.75) is 26.8 Å². The molecule has 25 heavy (non-hydrogen) atoms. The van der Waals surface area contributed by atoms with E-state index in [-0.39, 0.29) is 24.7 Å². The van der Waals surface area contributed by atoms with Gasteiger partial charge in [0.1, 0.15) is 11.7 Å². The Morgan fingerprint density at radius 3 is 2.72 bits per heavy atom. The smallest absolute Gasteiger partial charge is 0.326 e. The molecule has 1 unspecified atom stereocenters. The molecule has 2 amide bonds. The second-order valence-electron chi connectivity index (χ2n) is 5.40. The molecule has 0 bridgehead atoms. The fraction of sp³-hybridized carbons (Fsp3) is 0.375. The van der Waals surface area contributed by atoms with E-state index in [1.54, 1.807) is 19.1 Å². The van der Waals surface area contributed by atoms with E-state index in [2.05, 4.69) is 10.3 Å². The van der Waals surface area contributed by atoms with Crippen molar-refractivity contribution in [2.24, 2.45) is 0 Å². The first-order chi connectivity index (χ1) is 11.8. The highest BCUT2D eigenvalue weighted by atomic mass is 32.1. The van der Waals surface area contributed by atoms with Gasteiger partial charge in [-0.15, -0.1) is 11.3 Å². The minimum absolute atomic E-state index is 0.0684. The number of carboxylic acids is 1. The van der Waals surface area contributed by atoms with Crippen LogP contribution in [0.15, 0.2) is 22.8 Å². The summed E-state index contributed by atoms with van der Waals surface area (Å²) in [6, 6.07) is 2.41. The van der Waals surface area contributed by atoms with Gasteiger partial charge in [0.05, 0.1) is 6.26 Å². The summed E-state index contributed by atoms with van der Waals surface area (Å²) in [5.74, 6) is -1.33. The van der Waals surface area contributed by atoms with Gasteiger partial charge in [-0.3, -0.25) is 9.59 Å². The molecule has 0 aromatic carbocycles. The molecule has 0 spiro atoms. The van der Waals surface area contributed by atoms with E-state index >= 15 is 0 Å². The molecule has 9 heteroatoms. The minimum atomic E-state index is -1.13. The maximum absolute atomic E-state index is 12.8. The van der Waals surface area contributed by atoms with Crippen LogP contribution >= 0.6 is 11.3 Å². The number of thiazole rings is 1. The quantitative estimate of drug-likeness (QED) is 0.773. The van der Waals surface area contributed by atoms with E-state index in [0.717, 1.165) is 0 Å². The molecule has 2 rings (SSSR count). The van der Waals surface area contributed by atoms with Gasteiger partial charge in [0.25, 0.3) is 5.91 Å². The van der Waals surface area contributed by atoms with Crippen molar-refractivity contribution in [3.8, 4) is 10.8 Å². The Bertz CT molecular complexity index is 769. The number of carbonyl (C=O) groups is 3. The lowest BCUT2D eigenvalue weighted by molar-refractivity contribution is -0.141. The van der Waals surface area contributed by atoms with E-state index in [1.165, 1.54) is 36.3 Å². The molecule has 0 aliphatic heterocycles. The molecule has 2 heterocycles. The molecule has 2 aromatic rings. The molecule has 2 N–H and O–H groups in total. The molecule has 0 saturated heterocycles. The summed E-state index contributed by atoms with van der Waals surface area (Å²) in [4.78, 5) is 41.3. The third-order valence-electron chi connectivity index (χ3n) is 3.54. The number of amides is 2. The van der Waals surface area contributed by atoms with E-state index in [4.69, 9.17) is 4.42 Å². The zero-order valence-corrected chi connectivity index (χ0v) is 14.9. The Hall–Kier alpha value is -2.68. The molecule has 134 valence electrons. The monoisotopic (exact) mass is 365 g/mol. The van der Waals surface area contributed by atoms with E-state index in [1.807, 2.05) is 0 Å².